The minimum Gasteiger partial charge on any atom is -0.488 e. The summed E-state index contributed by atoms with van der Waals surface area (Å²) in [4.78, 5) is 4.58. The van der Waals surface area contributed by atoms with E-state index < -0.39 is 0 Å². The topological polar surface area (TPSA) is 21.6 Å². The van der Waals surface area contributed by atoms with E-state index in [0.29, 0.717) is 16.7 Å². The third-order valence-electron chi connectivity index (χ3n) is 3.86. The number of hydrogen-bond acceptors (Lipinski definition) is 2. The molecular formula is C21H16BrCl2NO. The average Bonchev–Trinajstić information content (AvgIpc) is 2.63. The van der Waals surface area contributed by atoms with E-state index in [1.165, 1.54) is 0 Å². The van der Waals surface area contributed by atoms with E-state index in [9.17, 15) is 0 Å². The lowest BCUT2D eigenvalue weighted by molar-refractivity contribution is 0.306. The Bertz CT molecular complexity index is 939. The average molecular weight is 449 g/mol. The first-order valence-electron chi connectivity index (χ1n) is 7.99. The lowest BCUT2D eigenvalue weighted by Gasteiger charge is -2.10. The first-order chi connectivity index (χ1) is 12.5. The van der Waals surface area contributed by atoms with Crippen LogP contribution in [0.5, 0.6) is 5.75 Å². The molecule has 0 saturated heterocycles. The van der Waals surface area contributed by atoms with E-state index in [-0.39, 0.29) is 0 Å². The van der Waals surface area contributed by atoms with Gasteiger partial charge in [0.25, 0.3) is 0 Å². The highest BCUT2D eigenvalue weighted by molar-refractivity contribution is 9.10. The van der Waals surface area contributed by atoms with E-state index >= 15 is 0 Å². The molecule has 0 radical (unpaired) electrons. The van der Waals surface area contributed by atoms with Crippen LogP contribution in [0.1, 0.15) is 16.7 Å². The molecule has 0 aliphatic rings. The van der Waals surface area contributed by atoms with Crippen molar-refractivity contribution in [3.63, 3.8) is 0 Å². The lowest BCUT2D eigenvalue weighted by atomic mass is 10.2. The summed E-state index contributed by atoms with van der Waals surface area (Å²) in [5.41, 5.74) is 3.71. The van der Waals surface area contributed by atoms with Crippen LogP contribution in [0.3, 0.4) is 0 Å². The Morgan fingerprint density at radius 3 is 2.58 bits per heavy atom. The smallest absolute Gasteiger partial charge is 0.128 e. The highest BCUT2D eigenvalue weighted by Crippen LogP contribution is 2.27. The molecule has 5 heteroatoms. The van der Waals surface area contributed by atoms with Crippen molar-refractivity contribution in [2.24, 2.45) is 4.99 Å². The number of rotatable bonds is 5. The van der Waals surface area contributed by atoms with Gasteiger partial charge in [-0.05, 0) is 60.5 Å². The number of hydrogen-bond donors (Lipinski definition) is 0. The first-order valence-corrected chi connectivity index (χ1v) is 9.54. The zero-order chi connectivity index (χ0) is 18.5. The quantitative estimate of drug-likeness (QED) is 0.372. The largest absolute Gasteiger partial charge is 0.488 e. The Morgan fingerprint density at radius 2 is 1.81 bits per heavy atom. The number of aliphatic imine (C=N–C) groups is 1. The second kappa shape index (κ2) is 8.72. The van der Waals surface area contributed by atoms with E-state index in [4.69, 9.17) is 27.9 Å². The third kappa shape index (κ3) is 4.88. The molecule has 0 heterocycles. The second-order valence-corrected chi connectivity index (χ2v) is 7.50. The standard InChI is InChI=1S/C21H16BrCl2NO/c1-14-19(24)3-2-4-20(14)25-12-16-11-17(22)7-10-21(16)26-13-15-5-8-18(23)9-6-15/h2-12H,13H2,1H3. The molecule has 0 spiro atoms. The predicted octanol–water partition coefficient (Wildman–Crippen LogP) is 7.39. The first kappa shape index (κ1) is 19.0. The van der Waals surface area contributed by atoms with Crippen molar-refractivity contribution in [2.45, 2.75) is 13.5 Å². The van der Waals surface area contributed by atoms with Gasteiger partial charge in [-0.3, -0.25) is 4.99 Å². The molecule has 2 nitrogen and oxygen atoms in total. The molecule has 26 heavy (non-hydrogen) atoms. The molecule has 0 amide bonds. The Hall–Kier alpha value is -1.81. The Balaban J connectivity index is 1.82. The molecule has 0 aliphatic carbocycles. The maximum absolute atomic E-state index is 6.17. The summed E-state index contributed by atoms with van der Waals surface area (Å²) >= 11 is 15.6. The van der Waals surface area contributed by atoms with Gasteiger partial charge in [-0.25, -0.2) is 0 Å². The van der Waals surface area contributed by atoms with E-state index in [1.807, 2.05) is 67.6 Å². The zero-order valence-corrected chi connectivity index (χ0v) is 17.1. The van der Waals surface area contributed by atoms with Crippen LogP contribution >= 0.6 is 39.1 Å². The van der Waals surface area contributed by atoms with E-state index in [1.54, 1.807) is 6.21 Å². The second-order valence-electron chi connectivity index (χ2n) is 5.74. The number of halogens is 3. The summed E-state index contributed by atoms with van der Waals surface area (Å²) < 4.78 is 6.94. The zero-order valence-electron chi connectivity index (χ0n) is 14.0. The SMILES string of the molecule is Cc1c(Cl)cccc1N=Cc1cc(Br)ccc1OCc1ccc(Cl)cc1. The Labute approximate surface area is 171 Å². The van der Waals surface area contributed by atoms with E-state index in [0.717, 1.165) is 32.6 Å². The summed E-state index contributed by atoms with van der Waals surface area (Å²) in [6, 6.07) is 19.1. The van der Waals surface area contributed by atoms with Gasteiger partial charge in [0.1, 0.15) is 12.4 Å². The van der Waals surface area contributed by atoms with Crippen LogP contribution in [0.15, 0.2) is 70.1 Å². The van der Waals surface area contributed by atoms with Crippen molar-refractivity contribution in [1.29, 1.82) is 0 Å². The Morgan fingerprint density at radius 1 is 1.04 bits per heavy atom. The van der Waals surface area contributed by atoms with Crippen LogP contribution in [-0.2, 0) is 6.61 Å². The van der Waals surface area contributed by atoms with Crippen LogP contribution in [-0.4, -0.2) is 6.21 Å². The predicted molar refractivity (Wildman–Crippen MR) is 113 cm³/mol. The molecule has 0 fully saturated rings. The molecule has 3 rings (SSSR count). The molecule has 0 aromatic heterocycles. The van der Waals surface area contributed by atoms with Crippen LogP contribution in [0.2, 0.25) is 10.0 Å². The summed E-state index contributed by atoms with van der Waals surface area (Å²) in [6.07, 6.45) is 1.79. The minimum absolute atomic E-state index is 0.454. The molecule has 0 saturated carbocycles. The van der Waals surface area contributed by atoms with Gasteiger partial charge in [0.2, 0.25) is 0 Å². The molecule has 3 aromatic rings. The van der Waals surface area contributed by atoms with Gasteiger partial charge in [0.15, 0.2) is 0 Å². The minimum atomic E-state index is 0.454. The number of ether oxygens (including phenoxy) is 1. The fourth-order valence-electron chi connectivity index (χ4n) is 2.37. The van der Waals surface area contributed by atoms with Crippen molar-refractivity contribution in [2.75, 3.05) is 0 Å². The summed E-state index contributed by atoms with van der Waals surface area (Å²) in [6.45, 7) is 2.41. The van der Waals surface area contributed by atoms with Crippen molar-refractivity contribution >= 4 is 51.0 Å². The van der Waals surface area contributed by atoms with Crippen molar-refractivity contribution in [1.82, 2.24) is 0 Å². The van der Waals surface area contributed by atoms with Gasteiger partial charge in [-0.2, -0.15) is 0 Å². The molecule has 3 aromatic carbocycles. The summed E-state index contributed by atoms with van der Waals surface area (Å²) in [5, 5.41) is 1.41. The van der Waals surface area contributed by atoms with E-state index in [2.05, 4.69) is 20.9 Å². The highest BCUT2D eigenvalue weighted by atomic mass is 79.9. The fraction of sp³-hybridized carbons (Fsp3) is 0.0952. The van der Waals surface area contributed by atoms with Crippen molar-refractivity contribution in [3.05, 3.63) is 91.9 Å². The fourth-order valence-corrected chi connectivity index (χ4v) is 3.04. The van der Waals surface area contributed by atoms with Crippen LogP contribution in [0.4, 0.5) is 5.69 Å². The monoisotopic (exact) mass is 447 g/mol. The van der Waals surface area contributed by atoms with Crippen LogP contribution < -0.4 is 4.74 Å². The molecule has 0 N–H and O–H groups in total. The highest BCUT2D eigenvalue weighted by Gasteiger charge is 2.05. The van der Waals surface area contributed by atoms with Gasteiger partial charge in [-0.1, -0.05) is 57.3 Å². The van der Waals surface area contributed by atoms with Gasteiger partial charge in [-0.15, -0.1) is 0 Å². The number of benzene rings is 3. The Kier molecular flexibility index (Phi) is 6.36. The van der Waals surface area contributed by atoms with Gasteiger partial charge >= 0.3 is 0 Å². The van der Waals surface area contributed by atoms with Gasteiger partial charge < -0.3 is 4.74 Å². The third-order valence-corrected chi connectivity index (χ3v) is 5.02. The van der Waals surface area contributed by atoms with Crippen molar-refractivity contribution in [3.8, 4) is 5.75 Å². The summed E-state index contributed by atoms with van der Waals surface area (Å²) in [5.74, 6) is 0.756. The van der Waals surface area contributed by atoms with Gasteiger partial charge in [0.05, 0.1) is 5.69 Å². The molecule has 0 aliphatic heterocycles. The van der Waals surface area contributed by atoms with Crippen molar-refractivity contribution < 1.29 is 4.74 Å². The van der Waals surface area contributed by atoms with Gasteiger partial charge in [0, 0.05) is 26.3 Å². The molecule has 132 valence electrons. The maximum atomic E-state index is 6.17. The van der Waals surface area contributed by atoms with Crippen LogP contribution in [0.25, 0.3) is 0 Å². The summed E-state index contributed by atoms with van der Waals surface area (Å²) in [7, 11) is 0. The molecule has 0 bridgehead atoms. The molecule has 0 atom stereocenters. The number of nitrogens with zero attached hydrogens (tertiary/aromatic N) is 1. The molecular weight excluding hydrogens is 433 g/mol. The maximum Gasteiger partial charge on any atom is 0.128 e. The normalized spacial score (nSPS) is 11.1. The molecule has 0 unspecified atom stereocenters. The van der Waals surface area contributed by atoms with Crippen LogP contribution in [0, 0.1) is 6.92 Å². The lowest BCUT2D eigenvalue weighted by Crippen LogP contribution is -1.98.